The summed E-state index contributed by atoms with van der Waals surface area (Å²) in [4.78, 5) is 40.5. The van der Waals surface area contributed by atoms with Crippen LogP contribution in [0.1, 0.15) is 20.9 Å². The molecule has 2 amide bonds. The topological polar surface area (TPSA) is 126 Å². The summed E-state index contributed by atoms with van der Waals surface area (Å²) in [6.07, 6.45) is 1.43. The van der Waals surface area contributed by atoms with Crippen molar-refractivity contribution >= 4 is 33.5 Å². The van der Waals surface area contributed by atoms with E-state index in [-0.39, 0.29) is 33.7 Å². The number of carbonyl (C=O) groups is 3. The summed E-state index contributed by atoms with van der Waals surface area (Å²) in [5.41, 5.74) is 0.284. The molecule has 182 valence electrons. The lowest BCUT2D eigenvalue weighted by Gasteiger charge is -2.34. The zero-order valence-corrected chi connectivity index (χ0v) is 19.4. The third kappa shape index (κ3) is 5.87. The zero-order valence-electron chi connectivity index (χ0n) is 18.6. The molecule has 0 unspecified atom stereocenters. The number of piperazine rings is 1. The molecule has 0 saturated carbocycles. The second-order valence-corrected chi connectivity index (χ2v) is 9.41. The van der Waals surface area contributed by atoms with Gasteiger partial charge in [-0.15, -0.1) is 0 Å². The van der Waals surface area contributed by atoms with E-state index in [9.17, 15) is 22.8 Å². The maximum absolute atomic E-state index is 12.5. The second kappa shape index (κ2) is 10.4. The molecule has 10 nitrogen and oxygen atoms in total. The molecule has 1 aliphatic rings. The molecule has 1 saturated heterocycles. The van der Waals surface area contributed by atoms with Crippen LogP contribution in [0.25, 0.3) is 0 Å². The number of carbonyl (C=O) groups excluding carboxylic acids is 3. The molecule has 1 aromatic heterocycles. The van der Waals surface area contributed by atoms with Gasteiger partial charge in [-0.25, -0.2) is 13.2 Å². The van der Waals surface area contributed by atoms with Gasteiger partial charge in [-0.1, -0.05) is 24.3 Å². The number of hydrogen-bond acceptors (Lipinski definition) is 7. The van der Waals surface area contributed by atoms with Crippen molar-refractivity contribution < 1.29 is 32.0 Å². The number of rotatable bonds is 7. The quantitative estimate of drug-likeness (QED) is 0.496. The van der Waals surface area contributed by atoms with Crippen LogP contribution >= 0.6 is 0 Å². The molecule has 2 heterocycles. The fourth-order valence-electron chi connectivity index (χ4n) is 3.54. The van der Waals surface area contributed by atoms with Crippen LogP contribution in [0.4, 0.5) is 5.69 Å². The maximum Gasteiger partial charge on any atom is 0.338 e. The number of anilines is 1. The number of benzene rings is 2. The first-order chi connectivity index (χ1) is 16.8. The minimum Gasteiger partial charge on any atom is -0.459 e. The average molecular weight is 498 g/mol. The smallest absolute Gasteiger partial charge is 0.338 e. The Bertz CT molecular complexity index is 1300. The molecular weight excluding hydrogens is 474 g/mol. The van der Waals surface area contributed by atoms with Gasteiger partial charge in [0.2, 0.25) is 0 Å². The van der Waals surface area contributed by atoms with Gasteiger partial charge in [0.05, 0.1) is 16.7 Å². The fourth-order valence-corrected chi connectivity index (χ4v) is 4.61. The molecule has 3 aromatic rings. The molecule has 0 atom stereocenters. The van der Waals surface area contributed by atoms with Crippen LogP contribution in [0, 0.1) is 0 Å². The lowest BCUT2D eigenvalue weighted by Crippen LogP contribution is -2.51. The summed E-state index contributed by atoms with van der Waals surface area (Å²) in [5.74, 6) is -1.14. The highest BCUT2D eigenvalue weighted by Gasteiger charge is 2.26. The van der Waals surface area contributed by atoms with Crippen molar-refractivity contribution in [1.82, 2.24) is 9.80 Å². The Morgan fingerprint density at radius 2 is 1.60 bits per heavy atom. The van der Waals surface area contributed by atoms with E-state index < -0.39 is 22.6 Å². The van der Waals surface area contributed by atoms with Crippen LogP contribution in [-0.4, -0.2) is 68.8 Å². The lowest BCUT2D eigenvalue weighted by molar-refractivity contribution is -0.136. The SMILES string of the molecule is O=C(OCC(=O)N1CCN(C(=O)c2ccco2)CC1)c1cccc(NS(=O)(=O)c2ccccc2)c1. The van der Waals surface area contributed by atoms with Gasteiger partial charge < -0.3 is 19.0 Å². The van der Waals surface area contributed by atoms with Crippen LogP contribution < -0.4 is 4.72 Å². The third-order valence-corrected chi connectivity index (χ3v) is 6.78. The first-order valence-electron chi connectivity index (χ1n) is 10.8. The predicted octanol–water partition coefficient (Wildman–Crippen LogP) is 2.22. The molecule has 0 bridgehead atoms. The van der Waals surface area contributed by atoms with E-state index in [1.165, 1.54) is 47.6 Å². The number of sulfonamides is 1. The minimum absolute atomic E-state index is 0.0875. The highest BCUT2D eigenvalue weighted by atomic mass is 32.2. The molecule has 35 heavy (non-hydrogen) atoms. The molecule has 11 heteroatoms. The van der Waals surface area contributed by atoms with Gasteiger partial charge in [0, 0.05) is 31.9 Å². The molecule has 4 rings (SSSR count). The van der Waals surface area contributed by atoms with Crippen molar-refractivity contribution in [3.63, 3.8) is 0 Å². The van der Waals surface area contributed by atoms with E-state index in [4.69, 9.17) is 9.15 Å². The Hall–Kier alpha value is -4.12. The van der Waals surface area contributed by atoms with E-state index in [2.05, 4.69) is 4.72 Å². The Kier molecular flexibility index (Phi) is 7.16. The Labute approximate surface area is 202 Å². The lowest BCUT2D eigenvalue weighted by atomic mass is 10.2. The largest absolute Gasteiger partial charge is 0.459 e. The first kappa shape index (κ1) is 24.0. The number of amides is 2. The number of hydrogen-bond donors (Lipinski definition) is 1. The van der Waals surface area contributed by atoms with E-state index >= 15 is 0 Å². The standard InChI is InChI=1S/C24H23N3O7S/c28-22(26-11-13-27(14-12-26)23(29)21-10-5-15-33-21)17-34-24(30)18-6-4-7-19(16-18)25-35(31,32)20-8-2-1-3-9-20/h1-10,15-16,25H,11-14,17H2. The Morgan fingerprint density at radius 3 is 2.29 bits per heavy atom. The third-order valence-electron chi connectivity index (χ3n) is 5.38. The number of furan rings is 1. The molecule has 0 spiro atoms. The molecule has 1 aliphatic heterocycles. The summed E-state index contributed by atoms with van der Waals surface area (Å²) >= 11 is 0. The van der Waals surface area contributed by atoms with Gasteiger partial charge in [-0.05, 0) is 42.5 Å². The minimum atomic E-state index is -3.82. The summed E-state index contributed by atoms with van der Waals surface area (Å²) < 4.78 is 37.7. The van der Waals surface area contributed by atoms with Crippen molar-refractivity contribution in [2.24, 2.45) is 0 Å². The zero-order chi connectivity index (χ0) is 24.8. The molecule has 1 fully saturated rings. The van der Waals surface area contributed by atoms with Crippen LogP contribution in [0.15, 0.2) is 82.3 Å². The van der Waals surface area contributed by atoms with Crippen molar-refractivity contribution in [3.8, 4) is 0 Å². The van der Waals surface area contributed by atoms with Gasteiger partial charge in [0.1, 0.15) is 0 Å². The van der Waals surface area contributed by atoms with Crippen molar-refractivity contribution in [3.05, 3.63) is 84.3 Å². The normalized spacial score (nSPS) is 13.8. The number of esters is 1. The van der Waals surface area contributed by atoms with Crippen LogP contribution in [-0.2, 0) is 19.6 Å². The number of ether oxygens (including phenoxy) is 1. The van der Waals surface area contributed by atoms with Crippen molar-refractivity contribution in [2.45, 2.75) is 4.90 Å². The van der Waals surface area contributed by atoms with Gasteiger partial charge in [-0.2, -0.15) is 0 Å². The van der Waals surface area contributed by atoms with Crippen molar-refractivity contribution in [1.29, 1.82) is 0 Å². The monoisotopic (exact) mass is 497 g/mol. The molecule has 2 aromatic carbocycles. The summed E-state index contributed by atoms with van der Waals surface area (Å²) in [5, 5.41) is 0. The number of nitrogens with one attached hydrogen (secondary N) is 1. The van der Waals surface area contributed by atoms with Crippen LogP contribution in [0.5, 0.6) is 0 Å². The number of nitrogens with zero attached hydrogens (tertiary/aromatic N) is 2. The van der Waals surface area contributed by atoms with E-state index in [0.29, 0.717) is 26.2 Å². The molecule has 1 N–H and O–H groups in total. The van der Waals surface area contributed by atoms with E-state index in [1.807, 2.05) is 0 Å². The predicted molar refractivity (Wildman–Crippen MR) is 125 cm³/mol. The van der Waals surface area contributed by atoms with Gasteiger partial charge in [-0.3, -0.25) is 14.3 Å². The summed E-state index contributed by atoms with van der Waals surface area (Å²) in [6, 6.07) is 16.9. The van der Waals surface area contributed by atoms with Crippen LogP contribution in [0.2, 0.25) is 0 Å². The Morgan fingerprint density at radius 1 is 0.886 bits per heavy atom. The average Bonchev–Trinajstić information content (AvgIpc) is 3.42. The van der Waals surface area contributed by atoms with Gasteiger partial charge in [0.15, 0.2) is 12.4 Å². The maximum atomic E-state index is 12.5. The van der Waals surface area contributed by atoms with E-state index in [0.717, 1.165) is 0 Å². The Balaban J connectivity index is 1.29. The second-order valence-electron chi connectivity index (χ2n) is 7.73. The van der Waals surface area contributed by atoms with Gasteiger partial charge in [0.25, 0.3) is 21.8 Å². The molecule has 0 aliphatic carbocycles. The van der Waals surface area contributed by atoms with Crippen LogP contribution in [0.3, 0.4) is 0 Å². The van der Waals surface area contributed by atoms with Crippen molar-refractivity contribution in [2.75, 3.05) is 37.5 Å². The molecular formula is C24H23N3O7S. The first-order valence-corrected chi connectivity index (χ1v) is 12.3. The van der Waals surface area contributed by atoms with E-state index in [1.54, 1.807) is 35.2 Å². The highest BCUT2D eigenvalue weighted by molar-refractivity contribution is 7.92. The molecule has 0 radical (unpaired) electrons. The summed E-state index contributed by atoms with van der Waals surface area (Å²) in [7, 11) is -3.82. The van der Waals surface area contributed by atoms with Gasteiger partial charge >= 0.3 is 5.97 Å². The summed E-state index contributed by atoms with van der Waals surface area (Å²) in [6.45, 7) is 0.815. The highest BCUT2D eigenvalue weighted by Crippen LogP contribution is 2.18. The fraction of sp³-hybridized carbons (Fsp3) is 0.208.